The molecule has 2 N–H and O–H groups in total. The first kappa shape index (κ1) is 26.7. The zero-order chi connectivity index (χ0) is 25.8. The number of esters is 1. The van der Waals surface area contributed by atoms with Crippen LogP contribution in [0.15, 0.2) is 36.4 Å². The quantitative estimate of drug-likeness (QED) is 0.457. The summed E-state index contributed by atoms with van der Waals surface area (Å²) >= 11 is 0. The van der Waals surface area contributed by atoms with Crippen molar-refractivity contribution in [3.05, 3.63) is 64.2 Å². The summed E-state index contributed by atoms with van der Waals surface area (Å²) in [5, 5.41) is 4.79. The third-order valence-electron chi connectivity index (χ3n) is 4.65. The second-order valence-corrected chi connectivity index (χ2v) is 7.37. The van der Waals surface area contributed by atoms with Crippen LogP contribution in [-0.4, -0.2) is 30.4 Å². The lowest BCUT2D eigenvalue weighted by Gasteiger charge is -2.16. The number of rotatable bonds is 6. The van der Waals surface area contributed by atoms with Gasteiger partial charge in [0.1, 0.15) is 0 Å². The number of para-hydroxylation sites is 1. The molecule has 1 unspecified atom stereocenters. The lowest BCUT2D eigenvalue weighted by atomic mass is 10.0. The van der Waals surface area contributed by atoms with E-state index in [9.17, 15) is 40.7 Å². The van der Waals surface area contributed by atoms with Gasteiger partial charge in [-0.15, -0.1) is 0 Å². The van der Waals surface area contributed by atoms with Crippen LogP contribution in [-0.2, 0) is 26.7 Å². The van der Waals surface area contributed by atoms with E-state index in [1.165, 1.54) is 0 Å². The number of aryl methyl sites for hydroxylation is 2. The highest BCUT2D eigenvalue weighted by Crippen LogP contribution is 2.36. The number of carbonyl (C=O) groups excluding carboxylic acids is 3. The number of halogens is 6. The smallest absolute Gasteiger partial charge is 0.416 e. The summed E-state index contributed by atoms with van der Waals surface area (Å²) in [5.74, 6) is -3.15. The largest absolute Gasteiger partial charge is 0.449 e. The zero-order valence-electron chi connectivity index (χ0n) is 18.1. The maximum absolute atomic E-state index is 13.0. The zero-order valence-corrected chi connectivity index (χ0v) is 18.1. The van der Waals surface area contributed by atoms with E-state index in [-0.39, 0.29) is 18.2 Å². The Kier molecular flexibility index (Phi) is 7.96. The molecule has 0 saturated carbocycles. The molecule has 0 aliphatic carbocycles. The number of amides is 2. The van der Waals surface area contributed by atoms with Gasteiger partial charge < -0.3 is 15.4 Å². The molecule has 6 nitrogen and oxygen atoms in total. The molecule has 2 rings (SSSR count). The van der Waals surface area contributed by atoms with Crippen molar-refractivity contribution in [3.8, 4) is 0 Å². The molecule has 2 amide bonds. The number of carbonyl (C=O) groups is 3. The summed E-state index contributed by atoms with van der Waals surface area (Å²) in [5.41, 5.74) is -2.33. The Morgan fingerprint density at radius 3 is 1.88 bits per heavy atom. The second-order valence-electron chi connectivity index (χ2n) is 7.37. The van der Waals surface area contributed by atoms with Gasteiger partial charge >= 0.3 is 18.3 Å². The van der Waals surface area contributed by atoms with Crippen molar-refractivity contribution < 1.29 is 45.5 Å². The predicted octanol–water partition coefficient (Wildman–Crippen LogP) is 4.64. The molecule has 0 spiro atoms. The molecule has 34 heavy (non-hydrogen) atoms. The van der Waals surface area contributed by atoms with Crippen LogP contribution >= 0.6 is 0 Å². The Balaban J connectivity index is 2.05. The molecular weight excluding hydrogens is 470 g/mol. The van der Waals surface area contributed by atoms with Gasteiger partial charge in [0.25, 0.3) is 5.91 Å². The Labute approximate surface area is 190 Å². The fourth-order valence-corrected chi connectivity index (χ4v) is 2.86. The lowest BCUT2D eigenvalue weighted by molar-refractivity contribution is -0.143. The highest BCUT2D eigenvalue weighted by molar-refractivity contribution is 5.97. The van der Waals surface area contributed by atoms with E-state index in [0.29, 0.717) is 5.69 Å². The SMILES string of the molecule is Cc1cccc(C)c1NC(=O)CNC(=O)C(C)OC(=O)c1cc(C(F)(F)F)cc(C(F)(F)F)c1. The Bertz CT molecular complexity index is 1040. The maximum atomic E-state index is 13.0. The van der Waals surface area contributed by atoms with Crippen molar-refractivity contribution in [2.45, 2.75) is 39.2 Å². The number of ether oxygens (including phenoxy) is 1. The normalized spacial score (nSPS) is 12.6. The highest BCUT2D eigenvalue weighted by atomic mass is 19.4. The van der Waals surface area contributed by atoms with Crippen molar-refractivity contribution in [1.82, 2.24) is 5.32 Å². The van der Waals surface area contributed by atoms with Crippen LogP contribution < -0.4 is 10.6 Å². The van der Waals surface area contributed by atoms with Crippen molar-refractivity contribution in [1.29, 1.82) is 0 Å². The minimum atomic E-state index is -5.15. The van der Waals surface area contributed by atoms with Crippen LogP contribution in [0, 0.1) is 13.8 Å². The first-order valence-corrected chi connectivity index (χ1v) is 9.74. The van der Waals surface area contributed by atoms with Gasteiger partial charge in [-0.1, -0.05) is 18.2 Å². The van der Waals surface area contributed by atoms with Crippen LogP contribution in [0.25, 0.3) is 0 Å². The molecule has 2 aromatic carbocycles. The number of anilines is 1. The van der Waals surface area contributed by atoms with Crippen LogP contribution in [0.3, 0.4) is 0 Å². The fourth-order valence-electron chi connectivity index (χ4n) is 2.86. The summed E-state index contributed by atoms with van der Waals surface area (Å²) in [6.07, 6.45) is -11.9. The molecular formula is C22H20F6N2O4. The molecule has 0 saturated heterocycles. The average molecular weight is 490 g/mol. The Morgan fingerprint density at radius 2 is 1.41 bits per heavy atom. The standard InChI is InChI=1S/C22H20F6N2O4/c1-11-5-4-6-12(2)18(11)30-17(31)10-29-19(32)13(3)34-20(33)14-7-15(21(23,24)25)9-16(8-14)22(26,27)28/h4-9,13H,10H2,1-3H3,(H,29,32)(H,30,31). The molecule has 0 aromatic heterocycles. The van der Waals surface area contributed by atoms with Gasteiger partial charge in [0.2, 0.25) is 5.91 Å². The van der Waals surface area contributed by atoms with Crippen LogP contribution in [0.2, 0.25) is 0 Å². The average Bonchev–Trinajstić information content (AvgIpc) is 2.73. The number of hydrogen-bond acceptors (Lipinski definition) is 4. The van der Waals surface area contributed by atoms with E-state index in [1.807, 2.05) is 0 Å². The van der Waals surface area contributed by atoms with E-state index in [4.69, 9.17) is 4.74 Å². The molecule has 184 valence electrons. The molecule has 0 bridgehead atoms. The first-order chi connectivity index (χ1) is 15.6. The fraction of sp³-hybridized carbons (Fsp3) is 0.318. The van der Waals surface area contributed by atoms with E-state index in [0.717, 1.165) is 18.1 Å². The van der Waals surface area contributed by atoms with Gasteiger partial charge in [-0.3, -0.25) is 9.59 Å². The Hall–Kier alpha value is -3.57. The van der Waals surface area contributed by atoms with Crippen molar-refractivity contribution in [2.24, 2.45) is 0 Å². The number of nitrogens with one attached hydrogen (secondary N) is 2. The minimum absolute atomic E-state index is 0.137. The van der Waals surface area contributed by atoms with Crippen molar-refractivity contribution >= 4 is 23.5 Å². The van der Waals surface area contributed by atoms with E-state index in [1.54, 1.807) is 32.0 Å². The van der Waals surface area contributed by atoms with Gasteiger partial charge in [0.15, 0.2) is 6.10 Å². The molecule has 0 fully saturated rings. The molecule has 1 atom stereocenters. The number of alkyl halides is 6. The van der Waals surface area contributed by atoms with Gasteiger partial charge in [-0.25, -0.2) is 4.79 Å². The van der Waals surface area contributed by atoms with E-state index >= 15 is 0 Å². The number of hydrogen-bond donors (Lipinski definition) is 2. The summed E-state index contributed by atoms with van der Waals surface area (Å²) in [4.78, 5) is 36.4. The van der Waals surface area contributed by atoms with Gasteiger partial charge in [0.05, 0.1) is 23.2 Å². The predicted molar refractivity (Wildman–Crippen MR) is 109 cm³/mol. The molecule has 0 radical (unpaired) electrons. The minimum Gasteiger partial charge on any atom is -0.449 e. The summed E-state index contributed by atoms with van der Waals surface area (Å²) in [6, 6.07) is 5.57. The first-order valence-electron chi connectivity index (χ1n) is 9.74. The lowest BCUT2D eigenvalue weighted by Crippen LogP contribution is -2.40. The highest BCUT2D eigenvalue weighted by Gasteiger charge is 2.38. The van der Waals surface area contributed by atoms with Gasteiger partial charge in [-0.05, 0) is 50.1 Å². The van der Waals surface area contributed by atoms with Crippen LogP contribution in [0.5, 0.6) is 0 Å². The third kappa shape index (κ3) is 6.96. The number of benzene rings is 2. The van der Waals surface area contributed by atoms with Crippen LogP contribution in [0.1, 0.15) is 39.5 Å². The topological polar surface area (TPSA) is 84.5 Å². The van der Waals surface area contributed by atoms with E-state index < -0.39 is 59.5 Å². The van der Waals surface area contributed by atoms with Gasteiger partial charge in [0, 0.05) is 5.69 Å². The van der Waals surface area contributed by atoms with Gasteiger partial charge in [-0.2, -0.15) is 26.3 Å². The summed E-state index contributed by atoms with van der Waals surface area (Å²) < 4.78 is 82.4. The van der Waals surface area contributed by atoms with Crippen LogP contribution in [0.4, 0.5) is 32.0 Å². The van der Waals surface area contributed by atoms with E-state index in [2.05, 4.69) is 10.6 Å². The van der Waals surface area contributed by atoms with Crippen molar-refractivity contribution in [3.63, 3.8) is 0 Å². The second kappa shape index (κ2) is 10.1. The Morgan fingerprint density at radius 1 is 0.912 bits per heavy atom. The molecule has 0 aliphatic heterocycles. The maximum Gasteiger partial charge on any atom is 0.416 e. The monoisotopic (exact) mass is 490 g/mol. The molecule has 12 heteroatoms. The molecule has 0 heterocycles. The van der Waals surface area contributed by atoms with Crippen molar-refractivity contribution in [2.75, 3.05) is 11.9 Å². The molecule has 2 aromatic rings. The third-order valence-corrected chi connectivity index (χ3v) is 4.65. The summed E-state index contributed by atoms with van der Waals surface area (Å²) in [7, 11) is 0. The summed E-state index contributed by atoms with van der Waals surface area (Å²) in [6.45, 7) is 4.06. The molecule has 0 aliphatic rings.